The molecule has 0 bridgehead atoms. The zero-order valence-corrected chi connectivity index (χ0v) is 12.2. The topological polar surface area (TPSA) is 75.6 Å². The molecule has 0 aliphatic heterocycles. The Kier molecular flexibility index (Phi) is 6.31. The van der Waals surface area contributed by atoms with Crippen LogP contribution >= 0.6 is 11.6 Å². The number of nitrogens with one attached hydrogen (secondary N) is 1. The second-order valence-corrected chi connectivity index (χ2v) is 4.93. The number of rotatable bonds is 6. The van der Waals surface area contributed by atoms with Crippen molar-refractivity contribution in [1.82, 2.24) is 5.32 Å². The maximum atomic E-state index is 11.6. The van der Waals surface area contributed by atoms with Crippen molar-refractivity contribution in [2.45, 2.75) is 38.8 Å². The molecule has 20 heavy (non-hydrogen) atoms. The number of ether oxygens (including phenoxy) is 1. The molecule has 0 aliphatic carbocycles. The van der Waals surface area contributed by atoms with E-state index >= 15 is 0 Å². The van der Waals surface area contributed by atoms with E-state index in [0.717, 1.165) is 5.56 Å². The number of carbonyl (C=O) groups is 2. The first-order chi connectivity index (χ1) is 9.42. The number of carboxylic acids is 1. The van der Waals surface area contributed by atoms with Gasteiger partial charge in [-0.15, -0.1) is 0 Å². The summed E-state index contributed by atoms with van der Waals surface area (Å²) >= 11 is 5.76. The molecule has 2 atom stereocenters. The molecule has 2 N–H and O–H groups in total. The van der Waals surface area contributed by atoms with Crippen molar-refractivity contribution in [3.8, 4) is 0 Å². The summed E-state index contributed by atoms with van der Waals surface area (Å²) < 4.78 is 5.00. The maximum absolute atomic E-state index is 11.6. The fourth-order valence-corrected chi connectivity index (χ4v) is 1.62. The lowest BCUT2D eigenvalue weighted by Gasteiger charge is -2.17. The molecule has 110 valence electrons. The fraction of sp³-hybridized carbons (Fsp3) is 0.429. The van der Waals surface area contributed by atoms with Crippen LogP contribution in [0.1, 0.15) is 25.8 Å². The molecule has 0 saturated heterocycles. The molecular weight excluding hydrogens is 282 g/mol. The molecule has 0 aromatic heterocycles. The highest BCUT2D eigenvalue weighted by Gasteiger charge is 2.21. The molecule has 5 nitrogen and oxygen atoms in total. The van der Waals surface area contributed by atoms with Gasteiger partial charge in [-0.25, -0.2) is 9.59 Å². The Morgan fingerprint density at radius 2 is 1.95 bits per heavy atom. The minimum Gasteiger partial charge on any atom is -0.480 e. The van der Waals surface area contributed by atoms with Crippen LogP contribution in [0.15, 0.2) is 24.3 Å². The number of alkyl carbamates (subject to hydrolysis) is 1. The van der Waals surface area contributed by atoms with Crippen LogP contribution in [-0.4, -0.2) is 29.3 Å². The quantitative estimate of drug-likeness (QED) is 0.847. The van der Waals surface area contributed by atoms with Gasteiger partial charge in [-0.3, -0.25) is 0 Å². The van der Waals surface area contributed by atoms with Gasteiger partial charge in [0.2, 0.25) is 0 Å². The Labute approximate surface area is 122 Å². The van der Waals surface area contributed by atoms with Crippen molar-refractivity contribution < 1.29 is 19.4 Å². The Balaban J connectivity index is 2.63. The van der Waals surface area contributed by atoms with Crippen molar-refractivity contribution >= 4 is 23.7 Å². The van der Waals surface area contributed by atoms with Gasteiger partial charge in [0.25, 0.3) is 0 Å². The lowest BCUT2D eigenvalue weighted by molar-refractivity contribution is -0.139. The average molecular weight is 300 g/mol. The molecule has 0 unspecified atom stereocenters. The highest BCUT2D eigenvalue weighted by Crippen LogP contribution is 2.11. The third-order valence-corrected chi connectivity index (χ3v) is 3.08. The number of hydrogen-bond acceptors (Lipinski definition) is 3. The van der Waals surface area contributed by atoms with Crippen LogP contribution in [0.2, 0.25) is 5.02 Å². The van der Waals surface area contributed by atoms with E-state index in [9.17, 15) is 9.59 Å². The van der Waals surface area contributed by atoms with Crippen LogP contribution in [0, 0.1) is 0 Å². The SMILES string of the molecule is CC[C@@H](C)OC(=O)N[C@H](Cc1ccc(Cl)cc1)C(=O)O. The van der Waals surface area contributed by atoms with E-state index in [2.05, 4.69) is 5.32 Å². The Morgan fingerprint density at radius 3 is 2.45 bits per heavy atom. The summed E-state index contributed by atoms with van der Waals surface area (Å²) in [6, 6.07) is 5.76. The van der Waals surface area contributed by atoms with Gasteiger partial charge in [0.15, 0.2) is 0 Å². The first kappa shape index (κ1) is 16.3. The van der Waals surface area contributed by atoms with Gasteiger partial charge in [-0.2, -0.15) is 0 Å². The largest absolute Gasteiger partial charge is 0.480 e. The molecule has 0 radical (unpaired) electrons. The van der Waals surface area contributed by atoms with Gasteiger partial charge in [0.1, 0.15) is 12.1 Å². The Hall–Kier alpha value is -1.75. The van der Waals surface area contributed by atoms with E-state index in [-0.39, 0.29) is 12.5 Å². The van der Waals surface area contributed by atoms with Crippen LogP contribution in [0.4, 0.5) is 4.79 Å². The molecule has 0 spiro atoms. The number of carbonyl (C=O) groups excluding carboxylic acids is 1. The normalized spacial score (nSPS) is 13.3. The van der Waals surface area contributed by atoms with Gasteiger partial charge >= 0.3 is 12.1 Å². The van der Waals surface area contributed by atoms with Crippen molar-refractivity contribution in [3.63, 3.8) is 0 Å². The number of carboxylic acid groups (broad SMARTS) is 1. The predicted molar refractivity (Wildman–Crippen MR) is 75.9 cm³/mol. The summed E-state index contributed by atoms with van der Waals surface area (Å²) in [6.07, 6.45) is -0.134. The van der Waals surface area contributed by atoms with Gasteiger partial charge in [-0.05, 0) is 31.0 Å². The van der Waals surface area contributed by atoms with Crippen molar-refractivity contribution in [2.24, 2.45) is 0 Å². The number of benzene rings is 1. The number of halogens is 1. The van der Waals surface area contributed by atoms with Crippen LogP contribution in [0.5, 0.6) is 0 Å². The smallest absolute Gasteiger partial charge is 0.408 e. The zero-order valence-electron chi connectivity index (χ0n) is 11.4. The van der Waals surface area contributed by atoms with Crippen LogP contribution in [0.3, 0.4) is 0 Å². The summed E-state index contributed by atoms with van der Waals surface area (Å²) in [5.74, 6) is -1.11. The van der Waals surface area contributed by atoms with E-state index in [1.807, 2.05) is 6.92 Å². The number of hydrogen-bond donors (Lipinski definition) is 2. The summed E-state index contributed by atoms with van der Waals surface area (Å²) in [7, 11) is 0. The Morgan fingerprint density at radius 1 is 1.35 bits per heavy atom. The van der Waals surface area contributed by atoms with E-state index in [4.69, 9.17) is 21.4 Å². The van der Waals surface area contributed by atoms with E-state index in [1.165, 1.54) is 0 Å². The minimum atomic E-state index is -1.11. The van der Waals surface area contributed by atoms with E-state index < -0.39 is 18.1 Å². The van der Waals surface area contributed by atoms with Gasteiger partial charge in [0, 0.05) is 11.4 Å². The third-order valence-electron chi connectivity index (χ3n) is 2.83. The summed E-state index contributed by atoms with van der Waals surface area (Å²) in [5.41, 5.74) is 0.769. The maximum Gasteiger partial charge on any atom is 0.408 e. The summed E-state index contributed by atoms with van der Waals surface area (Å²) in [6.45, 7) is 3.62. The zero-order chi connectivity index (χ0) is 15.1. The molecule has 0 heterocycles. The average Bonchev–Trinajstić information content (AvgIpc) is 2.40. The highest BCUT2D eigenvalue weighted by molar-refractivity contribution is 6.30. The van der Waals surface area contributed by atoms with Crippen molar-refractivity contribution in [3.05, 3.63) is 34.9 Å². The monoisotopic (exact) mass is 299 g/mol. The minimum absolute atomic E-state index is 0.169. The second-order valence-electron chi connectivity index (χ2n) is 4.49. The summed E-state index contributed by atoms with van der Waals surface area (Å²) in [4.78, 5) is 22.7. The van der Waals surface area contributed by atoms with E-state index in [1.54, 1.807) is 31.2 Å². The molecule has 1 amide bonds. The van der Waals surface area contributed by atoms with E-state index in [0.29, 0.717) is 11.4 Å². The molecule has 0 fully saturated rings. The standard InChI is InChI=1S/C14H18ClNO4/c1-3-9(2)20-14(19)16-12(13(17)18)8-10-4-6-11(15)7-5-10/h4-7,9,12H,3,8H2,1-2H3,(H,16,19)(H,17,18)/t9-,12-/m1/s1. The number of amides is 1. The van der Waals surface area contributed by atoms with Crippen LogP contribution < -0.4 is 5.32 Å². The highest BCUT2D eigenvalue weighted by atomic mass is 35.5. The molecule has 1 aromatic rings. The molecule has 1 aromatic carbocycles. The molecular formula is C14H18ClNO4. The molecule has 6 heteroatoms. The molecule has 1 rings (SSSR count). The fourth-order valence-electron chi connectivity index (χ4n) is 1.50. The molecule has 0 aliphatic rings. The first-order valence-corrected chi connectivity index (χ1v) is 6.74. The van der Waals surface area contributed by atoms with Crippen molar-refractivity contribution in [2.75, 3.05) is 0 Å². The van der Waals surface area contributed by atoms with Crippen LogP contribution in [0.25, 0.3) is 0 Å². The second kappa shape index (κ2) is 7.75. The van der Waals surface area contributed by atoms with Gasteiger partial charge < -0.3 is 15.2 Å². The van der Waals surface area contributed by atoms with Gasteiger partial charge in [0.05, 0.1) is 0 Å². The van der Waals surface area contributed by atoms with Gasteiger partial charge in [-0.1, -0.05) is 30.7 Å². The lowest BCUT2D eigenvalue weighted by Crippen LogP contribution is -2.43. The first-order valence-electron chi connectivity index (χ1n) is 6.36. The predicted octanol–water partition coefficient (Wildman–Crippen LogP) is 2.86. The van der Waals surface area contributed by atoms with Crippen molar-refractivity contribution in [1.29, 1.82) is 0 Å². The third kappa shape index (κ3) is 5.48. The molecule has 0 saturated carbocycles. The Bertz CT molecular complexity index is 461. The summed E-state index contributed by atoms with van der Waals surface area (Å²) in [5, 5.41) is 12.1. The number of aliphatic carboxylic acids is 1. The van der Waals surface area contributed by atoms with Crippen LogP contribution in [-0.2, 0) is 16.0 Å². The lowest BCUT2D eigenvalue weighted by atomic mass is 10.1.